The second-order valence-electron chi connectivity index (χ2n) is 2.78. The normalized spacial score (nSPS) is 11.8. The maximum atomic E-state index is 12.4. The summed E-state index contributed by atoms with van der Waals surface area (Å²) in [6.45, 7) is 0. The number of nitro groups is 1. The molecule has 0 aliphatic rings. The van der Waals surface area contributed by atoms with Gasteiger partial charge in [0.2, 0.25) is 5.03 Å². The van der Waals surface area contributed by atoms with Crippen LogP contribution in [0.25, 0.3) is 0 Å². The second kappa shape index (κ2) is 4.47. The third-order valence-corrected chi connectivity index (χ3v) is 2.76. The van der Waals surface area contributed by atoms with Crippen molar-refractivity contribution in [1.82, 2.24) is 4.98 Å². The van der Waals surface area contributed by atoms with Crippen LogP contribution >= 0.6 is 11.6 Å². The van der Waals surface area contributed by atoms with Crippen molar-refractivity contribution in [3.8, 4) is 0 Å². The summed E-state index contributed by atoms with van der Waals surface area (Å²) < 4.78 is 46.7. The SMILES string of the molecule is NS(=O)(=O)c1nc(C(F)F)c(Cl)cc1[N+](=O)[O-]. The molecule has 7 nitrogen and oxygen atoms in total. The molecule has 1 rings (SSSR count). The molecule has 0 saturated heterocycles. The Hall–Kier alpha value is -1.39. The summed E-state index contributed by atoms with van der Waals surface area (Å²) in [4.78, 5) is 12.3. The van der Waals surface area contributed by atoms with Gasteiger partial charge in [-0.05, 0) is 0 Å². The van der Waals surface area contributed by atoms with E-state index in [1.807, 2.05) is 0 Å². The number of aromatic nitrogens is 1. The standard InChI is InChI=1S/C6H4ClF2N3O4S/c7-2-1-3(12(13)14)6(17(10,15)16)11-4(2)5(8)9/h1,5H,(H2,10,15,16). The van der Waals surface area contributed by atoms with Crippen molar-refractivity contribution < 1.29 is 22.1 Å². The lowest BCUT2D eigenvalue weighted by molar-refractivity contribution is -0.388. The van der Waals surface area contributed by atoms with Crippen LogP contribution in [0, 0.1) is 10.1 Å². The zero-order valence-electron chi connectivity index (χ0n) is 7.80. The van der Waals surface area contributed by atoms with E-state index in [4.69, 9.17) is 11.6 Å². The van der Waals surface area contributed by atoms with Crippen LogP contribution in [0.15, 0.2) is 11.1 Å². The molecular weight excluding hydrogens is 284 g/mol. The average Bonchev–Trinajstić information content (AvgIpc) is 2.14. The summed E-state index contributed by atoms with van der Waals surface area (Å²) in [5.41, 5.74) is -2.14. The highest BCUT2D eigenvalue weighted by Crippen LogP contribution is 2.31. The highest BCUT2D eigenvalue weighted by atomic mass is 35.5. The third-order valence-electron chi connectivity index (χ3n) is 1.62. The van der Waals surface area contributed by atoms with Gasteiger partial charge in [-0.2, -0.15) is 0 Å². The Kier molecular flexibility index (Phi) is 3.59. The first-order valence-corrected chi connectivity index (χ1v) is 5.72. The van der Waals surface area contributed by atoms with Crippen LogP contribution in [0.5, 0.6) is 0 Å². The number of nitrogens with two attached hydrogens (primary N) is 1. The fourth-order valence-corrected chi connectivity index (χ4v) is 1.85. The Bertz CT molecular complexity index is 577. The Morgan fingerprint density at radius 2 is 2.06 bits per heavy atom. The predicted molar refractivity (Wildman–Crippen MR) is 52.2 cm³/mol. The fraction of sp³-hybridized carbons (Fsp3) is 0.167. The largest absolute Gasteiger partial charge is 0.309 e. The highest BCUT2D eigenvalue weighted by molar-refractivity contribution is 7.89. The minimum absolute atomic E-state index is 0.468. The molecule has 17 heavy (non-hydrogen) atoms. The van der Waals surface area contributed by atoms with Gasteiger partial charge in [0.25, 0.3) is 16.4 Å². The number of nitrogens with zero attached hydrogens (tertiary/aromatic N) is 2. The Labute approximate surface area is 98.4 Å². The molecule has 0 fully saturated rings. The molecule has 0 saturated carbocycles. The second-order valence-corrected chi connectivity index (χ2v) is 4.67. The molecule has 0 radical (unpaired) electrons. The van der Waals surface area contributed by atoms with E-state index in [1.54, 1.807) is 0 Å². The Morgan fingerprint density at radius 3 is 2.41 bits per heavy atom. The van der Waals surface area contributed by atoms with Crippen LogP contribution in [0.2, 0.25) is 5.02 Å². The van der Waals surface area contributed by atoms with Gasteiger partial charge in [0, 0.05) is 6.07 Å². The van der Waals surface area contributed by atoms with E-state index in [-0.39, 0.29) is 0 Å². The molecule has 0 aromatic carbocycles. The summed E-state index contributed by atoms with van der Waals surface area (Å²) in [5.74, 6) is 0. The first-order valence-electron chi connectivity index (χ1n) is 3.80. The van der Waals surface area contributed by atoms with Crippen molar-refractivity contribution in [3.63, 3.8) is 0 Å². The van der Waals surface area contributed by atoms with Gasteiger partial charge in [-0.15, -0.1) is 0 Å². The molecule has 1 heterocycles. The lowest BCUT2D eigenvalue weighted by Gasteiger charge is -2.05. The van der Waals surface area contributed by atoms with E-state index >= 15 is 0 Å². The smallest absolute Gasteiger partial charge is 0.258 e. The van der Waals surface area contributed by atoms with Crippen LogP contribution < -0.4 is 5.14 Å². The van der Waals surface area contributed by atoms with Gasteiger partial charge in [0.15, 0.2) is 0 Å². The van der Waals surface area contributed by atoms with E-state index in [0.29, 0.717) is 6.07 Å². The molecule has 2 N–H and O–H groups in total. The maximum Gasteiger partial charge on any atom is 0.309 e. The van der Waals surface area contributed by atoms with Gasteiger partial charge in [0.1, 0.15) is 5.69 Å². The number of hydrogen-bond donors (Lipinski definition) is 1. The van der Waals surface area contributed by atoms with Gasteiger partial charge in [-0.3, -0.25) is 10.1 Å². The number of pyridine rings is 1. The van der Waals surface area contributed by atoms with E-state index in [0.717, 1.165) is 0 Å². The average molecular weight is 288 g/mol. The van der Waals surface area contributed by atoms with Gasteiger partial charge in [0.05, 0.1) is 9.95 Å². The van der Waals surface area contributed by atoms with Gasteiger partial charge < -0.3 is 0 Å². The Balaban J connectivity index is 3.66. The molecule has 0 spiro atoms. The third kappa shape index (κ3) is 2.84. The van der Waals surface area contributed by atoms with Crippen LogP contribution in [0.1, 0.15) is 12.1 Å². The van der Waals surface area contributed by atoms with Gasteiger partial charge in [-0.1, -0.05) is 11.6 Å². The van der Waals surface area contributed by atoms with Crippen LogP contribution in [-0.2, 0) is 10.0 Å². The number of alkyl halides is 2. The molecule has 0 unspecified atom stereocenters. The molecule has 0 aliphatic heterocycles. The molecule has 0 aliphatic carbocycles. The number of sulfonamides is 1. The lowest BCUT2D eigenvalue weighted by Crippen LogP contribution is -2.17. The summed E-state index contributed by atoms with van der Waals surface area (Å²) >= 11 is 5.31. The van der Waals surface area contributed by atoms with Crippen molar-refractivity contribution in [2.45, 2.75) is 11.5 Å². The molecule has 11 heteroatoms. The molecular formula is C6H4ClF2N3O4S. The highest BCUT2D eigenvalue weighted by Gasteiger charge is 2.29. The van der Waals surface area contributed by atoms with Crippen molar-refractivity contribution >= 4 is 27.3 Å². The van der Waals surface area contributed by atoms with Crippen molar-refractivity contribution in [2.75, 3.05) is 0 Å². The van der Waals surface area contributed by atoms with Crippen molar-refractivity contribution in [3.05, 3.63) is 26.9 Å². The monoisotopic (exact) mass is 287 g/mol. The topological polar surface area (TPSA) is 116 Å². The van der Waals surface area contributed by atoms with Crippen molar-refractivity contribution in [1.29, 1.82) is 0 Å². The zero-order chi connectivity index (χ0) is 13.4. The molecule has 1 aromatic rings. The summed E-state index contributed by atoms with van der Waals surface area (Å²) in [7, 11) is -4.60. The summed E-state index contributed by atoms with van der Waals surface area (Å²) in [6, 6.07) is 0.468. The van der Waals surface area contributed by atoms with Crippen LogP contribution in [0.4, 0.5) is 14.5 Å². The van der Waals surface area contributed by atoms with Crippen LogP contribution in [0.3, 0.4) is 0 Å². The number of primary sulfonamides is 1. The van der Waals surface area contributed by atoms with Gasteiger partial charge >= 0.3 is 5.69 Å². The number of halogens is 3. The first kappa shape index (κ1) is 13.7. The van der Waals surface area contributed by atoms with Crippen molar-refractivity contribution in [2.24, 2.45) is 5.14 Å². The molecule has 0 atom stereocenters. The zero-order valence-corrected chi connectivity index (χ0v) is 9.37. The molecule has 94 valence electrons. The van der Waals surface area contributed by atoms with Crippen LogP contribution in [-0.4, -0.2) is 18.3 Å². The maximum absolute atomic E-state index is 12.4. The quantitative estimate of drug-likeness (QED) is 0.663. The minimum atomic E-state index is -4.60. The predicted octanol–water partition coefficient (Wildman–Crippen LogP) is 1.23. The fourth-order valence-electron chi connectivity index (χ4n) is 0.969. The molecule has 0 amide bonds. The first-order chi connectivity index (χ1) is 7.64. The lowest BCUT2D eigenvalue weighted by atomic mass is 10.3. The molecule has 0 bridgehead atoms. The minimum Gasteiger partial charge on any atom is -0.258 e. The Morgan fingerprint density at radius 1 is 1.53 bits per heavy atom. The number of rotatable bonds is 3. The van der Waals surface area contributed by atoms with E-state index in [9.17, 15) is 27.3 Å². The number of hydrogen-bond acceptors (Lipinski definition) is 5. The van der Waals surface area contributed by atoms with E-state index in [1.165, 1.54) is 0 Å². The van der Waals surface area contributed by atoms with E-state index < -0.39 is 42.8 Å². The summed E-state index contributed by atoms with van der Waals surface area (Å²) in [5, 5.41) is 13.2. The van der Waals surface area contributed by atoms with Gasteiger partial charge in [-0.25, -0.2) is 27.3 Å². The summed E-state index contributed by atoms with van der Waals surface area (Å²) in [6.07, 6.45) is -3.18. The van der Waals surface area contributed by atoms with E-state index in [2.05, 4.69) is 10.1 Å². The molecule has 1 aromatic heterocycles.